The van der Waals surface area contributed by atoms with Gasteiger partial charge in [-0.15, -0.1) is 0 Å². The van der Waals surface area contributed by atoms with Crippen LogP contribution in [0.3, 0.4) is 0 Å². The zero-order valence-corrected chi connectivity index (χ0v) is 19.4. The average molecular weight is 430 g/mol. The van der Waals surface area contributed by atoms with Gasteiger partial charge in [-0.1, -0.05) is 37.3 Å². The Bertz CT molecular complexity index is 1200. The summed E-state index contributed by atoms with van der Waals surface area (Å²) in [7, 11) is 0. The van der Waals surface area contributed by atoms with Gasteiger partial charge in [-0.3, -0.25) is 4.79 Å². The third-order valence-corrected chi connectivity index (χ3v) is 6.30. The Balaban J connectivity index is 1.54. The summed E-state index contributed by atoms with van der Waals surface area (Å²) in [6, 6.07) is 17.6. The molecular formula is C27H31N3O2. The van der Waals surface area contributed by atoms with Crippen LogP contribution in [0.25, 0.3) is 10.8 Å². The van der Waals surface area contributed by atoms with Crippen LogP contribution in [0.1, 0.15) is 68.4 Å². The molecule has 1 aliphatic rings. The summed E-state index contributed by atoms with van der Waals surface area (Å²) in [4.78, 5) is 15.1. The molecule has 3 aromatic carbocycles. The van der Waals surface area contributed by atoms with Crippen molar-refractivity contribution in [1.82, 2.24) is 5.43 Å². The molecule has 0 fully saturated rings. The van der Waals surface area contributed by atoms with Crippen molar-refractivity contribution >= 4 is 28.6 Å². The minimum atomic E-state index is -0.441. The van der Waals surface area contributed by atoms with Crippen molar-refractivity contribution in [2.45, 2.75) is 58.5 Å². The topological polar surface area (TPSA) is 64.9 Å². The monoisotopic (exact) mass is 429 g/mol. The van der Waals surface area contributed by atoms with E-state index >= 15 is 0 Å². The molecule has 1 atom stereocenters. The van der Waals surface area contributed by atoms with Crippen LogP contribution in [0.2, 0.25) is 0 Å². The number of hydrogen-bond acceptors (Lipinski definition) is 4. The molecule has 32 heavy (non-hydrogen) atoms. The second kappa shape index (κ2) is 8.30. The van der Waals surface area contributed by atoms with Crippen molar-refractivity contribution < 1.29 is 9.90 Å². The van der Waals surface area contributed by atoms with Crippen molar-refractivity contribution in [1.29, 1.82) is 0 Å². The van der Waals surface area contributed by atoms with Gasteiger partial charge in [-0.25, -0.2) is 5.43 Å². The van der Waals surface area contributed by atoms with Crippen LogP contribution >= 0.6 is 0 Å². The minimum absolute atomic E-state index is 0.0598. The van der Waals surface area contributed by atoms with Gasteiger partial charge in [-0.2, -0.15) is 5.10 Å². The number of amides is 1. The van der Waals surface area contributed by atoms with Crippen LogP contribution in [-0.4, -0.2) is 28.8 Å². The highest BCUT2D eigenvalue weighted by Crippen LogP contribution is 2.44. The maximum absolute atomic E-state index is 12.6. The average Bonchev–Trinajstić information content (AvgIpc) is 2.72. The van der Waals surface area contributed by atoms with E-state index in [1.54, 1.807) is 18.3 Å². The first-order valence-electron chi connectivity index (χ1n) is 11.2. The van der Waals surface area contributed by atoms with Crippen molar-refractivity contribution in [3.05, 3.63) is 71.3 Å². The van der Waals surface area contributed by atoms with Crippen LogP contribution < -0.4 is 10.3 Å². The molecule has 0 bridgehead atoms. The van der Waals surface area contributed by atoms with Crippen LogP contribution in [-0.2, 0) is 0 Å². The molecule has 1 heterocycles. The maximum Gasteiger partial charge on any atom is 0.275 e. The van der Waals surface area contributed by atoms with Gasteiger partial charge < -0.3 is 10.0 Å². The van der Waals surface area contributed by atoms with Crippen molar-refractivity contribution in [2.24, 2.45) is 5.10 Å². The summed E-state index contributed by atoms with van der Waals surface area (Å²) in [5.74, 6) is -0.0635. The molecule has 5 nitrogen and oxygen atoms in total. The fourth-order valence-electron chi connectivity index (χ4n) is 5.16. The van der Waals surface area contributed by atoms with Crippen LogP contribution in [0.15, 0.2) is 59.7 Å². The van der Waals surface area contributed by atoms with E-state index in [2.05, 4.69) is 62.2 Å². The van der Waals surface area contributed by atoms with Gasteiger partial charge >= 0.3 is 0 Å². The van der Waals surface area contributed by atoms with Gasteiger partial charge in [0, 0.05) is 17.3 Å². The molecular weight excluding hydrogens is 398 g/mol. The normalized spacial score (nSPS) is 17.7. The molecule has 0 aromatic heterocycles. The molecule has 1 aliphatic heterocycles. The lowest BCUT2D eigenvalue weighted by Gasteiger charge is -2.50. The Morgan fingerprint density at radius 3 is 2.53 bits per heavy atom. The van der Waals surface area contributed by atoms with Gasteiger partial charge in [0.25, 0.3) is 5.91 Å². The van der Waals surface area contributed by atoms with Crippen molar-refractivity contribution in [3.63, 3.8) is 0 Å². The molecule has 1 amide bonds. The number of phenols is 1. The molecule has 0 saturated carbocycles. The molecule has 0 radical (unpaired) electrons. The number of hydrazone groups is 1. The molecule has 0 spiro atoms. The summed E-state index contributed by atoms with van der Waals surface area (Å²) >= 11 is 0. The van der Waals surface area contributed by atoms with Crippen LogP contribution in [0.5, 0.6) is 5.75 Å². The van der Waals surface area contributed by atoms with Gasteiger partial charge in [0.05, 0.1) is 11.8 Å². The second-order valence-electron chi connectivity index (χ2n) is 9.62. The predicted molar refractivity (Wildman–Crippen MR) is 132 cm³/mol. The largest absolute Gasteiger partial charge is 0.507 e. The van der Waals surface area contributed by atoms with E-state index in [4.69, 9.17) is 0 Å². The number of aromatic hydroxyl groups is 1. The lowest BCUT2D eigenvalue weighted by atomic mass is 9.79. The van der Waals surface area contributed by atoms with E-state index in [1.807, 2.05) is 30.3 Å². The number of fused-ring (bicyclic) bond motifs is 2. The lowest BCUT2D eigenvalue weighted by molar-refractivity contribution is 0.0952. The Hall–Kier alpha value is -3.34. The van der Waals surface area contributed by atoms with Crippen molar-refractivity contribution in [3.8, 4) is 5.75 Å². The fraction of sp³-hybridized carbons (Fsp3) is 0.333. The van der Waals surface area contributed by atoms with E-state index in [0.717, 1.165) is 22.8 Å². The van der Waals surface area contributed by atoms with E-state index in [0.29, 0.717) is 12.0 Å². The molecule has 166 valence electrons. The lowest BCUT2D eigenvalue weighted by Crippen LogP contribution is -2.51. The summed E-state index contributed by atoms with van der Waals surface area (Å²) < 4.78 is 0. The Morgan fingerprint density at radius 2 is 1.84 bits per heavy atom. The maximum atomic E-state index is 12.6. The number of carbonyl (C=O) groups is 1. The first kappa shape index (κ1) is 21.9. The summed E-state index contributed by atoms with van der Waals surface area (Å²) in [6.07, 6.45) is 2.74. The smallest absolute Gasteiger partial charge is 0.275 e. The SMILES string of the molecule is CC1CC(C)(C)N(C(C)C)c2ccc(/C=N/NC(=O)c3cc4ccccc4cc3O)cc21. The molecule has 2 N–H and O–H groups in total. The fourth-order valence-corrected chi connectivity index (χ4v) is 5.16. The van der Waals surface area contributed by atoms with E-state index in [1.165, 1.54) is 11.3 Å². The molecule has 5 heteroatoms. The number of phenolic OH excluding ortho intramolecular Hbond substituents is 1. The predicted octanol–water partition coefficient (Wildman–Crippen LogP) is 5.81. The van der Waals surface area contributed by atoms with Crippen LogP contribution in [0.4, 0.5) is 5.69 Å². The Kier molecular flexibility index (Phi) is 5.68. The van der Waals surface area contributed by atoms with E-state index in [-0.39, 0.29) is 16.9 Å². The first-order chi connectivity index (χ1) is 15.2. The molecule has 0 saturated heterocycles. The molecule has 4 rings (SSSR count). The Labute approximate surface area is 189 Å². The molecule has 1 unspecified atom stereocenters. The number of nitrogens with one attached hydrogen (secondary N) is 1. The zero-order valence-electron chi connectivity index (χ0n) is 19.4. The van der Waals surface area contributed by atoms with Gasteiger partial charge in [0.15, 0.2) is 0 Å². The number of anilines is 1. The summed E-state index contributed by atoms with van der Waals surface area (Å²) in [5.41, 5.74) is 6.36. The van der Waals surface area contributed by atoms with Crippen LogP contribution in [0, 0.1) is 0 Å². The van der Waals surface area contributed by atoms with Crippen molar-refractivity contribution in [2.75, 3.05) is 4.90 Å². The minimum Gasteiger partial charge on any atom is -0.507 e. The first-order valence-corrected chi connectivity index (χ1v) is 11.2. The third kappa shape index (κ3) is 4.07. The number of hydrogen-bond donors (Lipinski definition) is 2. The third-order valence-electron chi connectivity index (χ3n) is 6.30. The molecule has 0 aliphatic carbocycles. The number of benzene rings is 3. The highest BCUT2D eigenvalue weighted by molar-refractivity contribution is 6.01. The second-order valence-corrected chi connectivity index (χ2v) is 9.62. The standard InChI is InChI=1S/C27H31N3O2/c1-17(2)30-24-11-10-19(12-22(24)18(3)15-27(30,4)5)16-28-29-26(32)23-13-20-8-6-7-9-21(20)14-25(23)31/h6-14,16-18,31H,15H2,1-5H3,(H,29,32)/b28-16+. The summed E-state index contributed by atoms with van der Waals surface area (Å²) in [6.45, 7) is 11.3. The van der Waals surface area contributed by atoms with Gasteiger partial charge in [0.2, 0.25) is 0 Å². The Morgan fingerprint density at radius 1 is 1.16 bits per heavy atom. The number of rotatable bonds is 4. The quantitative estimate of drug-likeness (QED) is 0.406. The highest BCUT2D eigenvalue weighted by atomic mass is 16.3. The number of carbonyl (C=O) groups excluding carboxylic acids is 1. The molecule has 3 aromatic rings. The summed E-state index contributed by atoms with van der Waals surface area (Å²) in [5, 5.41) is 16.2. The number of nitrogens with zero attached hydrogens (tertiary/aromatic N) is 2. The van der Waals surface area contributed by atoms with Gasteiger partial charge in [-0.05, 0) is 86.2 Å². The van der Waals surface area contributed by atoms with E-state index < -0.39 is 5.91 Å². The zero-order chi connectivity index (χ0) is 23.0. The van der Waals surface area contributed by atoms with Gasteiger partial charge in [0.1, 0.15) is 5.75 Å². The van der Waals surface area contributed by atoms with E-state index in [9.17, 15) is 9.90 Å². The highest BCUT2D eigenvalue weighted by Gasteiger charge is 2.37.